The molecule has 2 atom stereocenters. The molecule has 0 radical (unpaired) electrons. The van der Waals surface area contributed by atoms with Crippen molar-refractivity contribution in [1.29, 1.82) is 0 Å². The zero-order chi connectivity index (χ0) is 16.4. The zero-order valence-electron chi connectivity index (χ0n) is 13.6. The van der Waals surface area contributed by atoms with E-state index in [1.54, 1.807) is 4.31 Å². The first kappa shape index (κ1) is 16.4. The van der Waals surface area contributed by atoms with Crippen molar-refractivity contribution in [2.75, 3.05) is 19.3 Å². The maximum absolute atomic E-state index is 11.7. The van der Waals surface area contributed by atoms with Crippen LogP contribution in [-0.4, -0.2) is 47.7 Å². The average molecular weight is 336 g/mol. The minimum atomic E-state index is -3.09. The molecule has 1 saturated heterocycles. The zero-order valence-corrected chi connectivity index (χ0v) is 14.5. The van der Waals surface area contributed by atoms with Crippen molar-refractivity contribution in [3.05, 3.63) is 36.2 Å². The van der Waals surface area contributed by atoms with E-state index in [9.17, 15) is 8.42 Å². The number of hydrogen-bond acceptors (Lipinski definition) is 4. The van der Waals surface area contributed by atoms with Gasteiger partial charge in [-0.25, -0.2) is 17.2 Å². The number of hydrogen-bond donors (Lipinski definition) is 1. The van der Waals surface area contributed by atoms with Gasteiger partial charge in [0.1, 0.15) is 0 Å². The Morgan fingerprint density at radius 2 is 2.22 bits per heavy atom. The van der Waals surface area contributed by atoms with Crippen LogP contribution in [0, 0.1) is 5.92 Å². The SMILES string of the molecule is CC[C@H]1CN(S(C)(=O)=O)CC[C@@H]1NCc1cnn2ccccc12. The van der Waals surface area contributed by atoms with Gasteiger partial charge in [-0.1, -0.05) is 19.4 Å². The molecule has 1 aliphatic rings. The van der Waals surface area contributed by atoms with Crippen LogP contribution in [-0.2, 0) is 16.6 Å². The number of sulfonamides is 1. The van der Waals surface area contributed by atoms with Crippen molar-refractivity contribution >= 4 is 15.5 Å². The molecular formula is C16H24N4O2S. The summed E-state index contributed by atoms with van der Waals surface area (Å²) >= 11 is 0. The van der Waals surface area contributed by atoms with E-state index in [1.807, 2.05) is 29.0 Å². The summed E-state index contributed by atoms with van der Waals surface area (Å²) in [6.45, 7) is 4.09. The second-order valence-electron chi connectivity index (χ2n) is 6.27. The Kier molecular flexibility index (Phi) is 4.70. The van der Waals surface area contributed by atoms with Crippen LogP contribution < -0.4 is 5.32 Å². The molecule has 2 aromatic heterocycles. The van der Waals surface area contributed by atoms with E-state index in [1.165, 1.54) is 11.8 Å². The fourth-order valence-electron chi connectivity index (χ4n) is 3.35. The second-order valence-corrected chi connectivity index (χ2v) is 8.25. The molecule has 6 nitrogen and oxygen atoms in total. The highest BCUT2D eigenvalue weighted by Gasteiger charge is 2.31. The average Bonchev–Trinajstić information content (AvgIpc) is 2.95. The number of piperidine rings is 1. The fraction of sp³-hybridized carbons (Fsp3) is 0.562. The molecular weight excluding hydrogens is 312 g/mol. The van der Waals surface area contributed by atoms with E-state index in [-0.39, 0.29) is 0 Å². The van der Waals surface area contributed by atoms with Crippen molar-refractivity contribution in [3.63, 3.8) is 0 Å². The van der Waals surface area contributed by atoms with Crippen LogP contribution in [0.2, 0.25) is 0 Å². The van der Waals surface area contributed by atoms with Gasteiger partial charge in [0.05, 0.1) is 18.0 Å². The van der Waals surface area contributed by atoms with Gasteiger partial charge in [-0.15, -0.1) is 0 Å². The topological polar surface area (TPSA) is 66.7 Å². The number of pyridine rings is 1. The Morgan fingerprint density at radius 3 is 2.96 bits per heavy atom. The van der Waals surface area contributed by atoms with Crippen molar-refractivity contribution in [2.24, 2.45) is 5.92 Å². The lowest BCUT2D eigenvalue weighted by molar-refractivity contribution is 0.202. The lowest BCUT2D eigenvalue weighted by atomic mass is 9.91. The van der Waals surface area contributed by atoms with Crippen LogP contribution in [0.25, 0.3) is 5.52 Å². The number of aromatic nitrogens is 2. The summed E-state index contributed by atoms with van der Waals surface area (Å²) in [5.74, 6) is 0.348. The standard InChI is InChI=1S/C16H24N4O2S/c1-3-13-12-19(23(2,21)22)9-7-15(13)17-10-14-11-18-20-8-5-4-6-16(14)20/h4-6,8,11,13,15,17H,3,7,9-10,12H2,1-2H3/t13-,15-/m0/s1. The maximum atomic E-state index is 11.7. The van der Waals surface area contributed by atoms with Gasteiger partial charge in [-0.05, 0) is 24.5 Å². The highest BCUT2D eigenvalue weighted by atomic mass is 32.2. The molecule has 1 N–H and O–H groups in total. The predicted molar refractivity (Wildman–Crippen MR) is 90.6 cm³/mol. The fourth-order valence-corrected chi connectivity index (χ4v) is 4.25. The Labute approximate surface area is 137 Å². The maximum Gasteiger partial charge on any atom is 0.211 e. The van der Waals surface area contributed by atoms with Gasteiger partial charge in [0.2, 0.25) is 10.0 Å². The molecule has 1 aliphatic heterocycles. The van der Waals surface area contributed by atoms with Crippen LogP contribution in [0.4, 0.5) is 0 Å². The molecule has 0 bridgehead atoms. The Hall–Kier alpha value is -1.44. The Balaban J connectivity index is 1.66. The minimum Gasteiger partial charge on any atom is -0.309 e. The summed E-state index contributed by atoms with van der Waals surface area (Å²) in [5.41, 5.74) is 2.28. The molecule has 1 fully saturated rings. The normalized spacial score (nSPS) is 23.4. The molecule has 0 aromatic carbocycles. The summed E-state index contributed by atoms with van der Waals surface area (Å²) in [4.78, 5) is 0. The van der Waals surface area contributed by atoms with Gasteiger partial charge in [0.25, 0.3) is 0 Å². The molecule has 23 heavy (non-hydrogen) atoms. The lowest BCUT2D eigenvalue weighted by Crippen LogP contribution is -2.50. The minimum absolute atomic E-state index is 0.344. The summed E-state index contributed by atoms with van der Waals surface area (Å²) in [6, 6.07) is 6.38. The van der Waals surface area contributed by atoms with E-state index in [0.717, 1.165) is 24.9 Å². The molecule has 0 amide bonds. The largest absolute Gasteiger partial charge is 0.309 e. The number of nitrogens with one attached hydrogen (secondary N) is 1. The van der Waals surface area contributed by atoms with Gasteiger partial charge in [0.15, 0.2) is 0 Å². The third kappa shape index (κ3) is 3.57. The molecule has 3 rings (SSSR count). The number of fused-ring (bicyclic) bond motifs is 1. The van der Waals surface area contributed by atoms with Crippen LogP contribution in [0.3, 0.4) is 0 Å². The third-order valence-corrected chi connectivity index (χ3v) is 6.02. The van der Waals surface area contributed by atoms with E-state index in [4.69, 9.17) is 0 Å². The third-order valence-electron chi connectivity index (χ3n) is 4.75. The van der Waals surface area contributed by atoms with Crippen LogP contribution >= 0.6 is 0 Å². The van der Waals surface area contributed by atoms with Gasteiger partial charge in [0, 0.05) is 37.4 Å². The Morgan fingerprint density at radius 1 is 1.39 bits per heavy atom. The predicted octanol–water partition coefficient (Wildman–Crippen LogP) is 1.48. The van der Waals surface area contributed by atoms with Crippen LogP contribution in [0.1, 0.15) is 25.3 Å². The van der Waals surface area contributed by atoms with E-state index >= 15 is 0 Å². The van der Waals surface area contributed by atoms with Crippen molar-refractivity contribution in [3.8, 4) is 0 Å². The molecule has 2 aromatic rings. The quantitative estimate of drug-likeness (QED) is 0.898. The molecule has 0 unspecified atom stereocenters. The van der Waals surface area contributed by atoms with Crippen molar-refractivity contribution < 1.29 is 8.42 Å². The molecule has 0 saturated carbocycles. The molecule has 3 heterocycles. The first-order valence-corrected chi connectivity index (χ1v) is 9.93. The molecule has 0 spiro atoms. The van der Waals surface area contributed by atoms with Gasteiger partial charge < -0.3 is 5.32 Å². The smallest absolute Gasteiger partial charge is 0.211 e. The molecule has 126 valence electrons. The van der Waals surface area contributed by atoms with Crippen LogP contribution in [0.5, 0.6) is 0 Å². The monoisotopic (exact) mass is 336 g/mol. The highest BCUT2D eigenvalue weighted by Crippen LogP contribution is 2.22. The second kappa shape index (κ2) is 6.59. The van der Waals surface area contributed by atoms with E-state index in [0.29, 0.717) is 25.0 Å². The molecule has 0 aliphatic carbocycles. The van der Waals surface area contributed by atoms with Gasteiger partial charge in [-0.2, -0.15) is 5.10 Å². The van der Waals surface area contributed by atoms with Gasteiger partial charge in [-0.3, -0.25) is 0 Å². The van der Waals surface area contributed by atoms with Crippen molar-refractivity contribution in [2.45, 2.75) is 32.4 Å². The summed E-state index contributed by atoms with van der Waals surface area (Å²) in [7, 11) is -3.09. The van der Waals surface area contributed by atoms with E-state index < -0.39 is 10.0 Å². The first-order chi connectivity index (χ1) is 11.0. The first-order valence-electron chi connectivity index (χ1n) is 8.08. The van der Waals surface area contributed by atoms with Crippen molar-refractivity contribution in [1.82, 2.24) is 19.2 Å². The van der Waals surface area contributed by atoms with E-state index in [2.05, 4.69) is 23.4 Å². The van der Waals surface area contributed by atoms with Crippen LogP contribution in [0.15, 0.2) is 30.6 Å². The lowest BCUT2D eigenvalue weighted by Gasteiger charge is -2.37. The summed E-state index contributed by atoms with van der Waals surface area (Å²) in [6.07, 6.45) is 6.96. The summed E-state index contributed by atoms with van der Waals surface area (Å²) in [5, 5.41) is 7.97. The number of rotatable bonds is 5. The van der Waals surface area contributed by atoms with Gasteiger partial charge >= 0.3 is 0 Å². The molecule has 7 heteroatoms. The number of nitrogens with zero attached hydrogens (tertiary/aromatic N) is 3. The highest BCUT2D eigenvalue weighted by molar-refractivity contribution is 7.88. The Bertz CT molecular complexity index is 771. The summed E-state index contributed by atoms with van der Waals surface area (Å²) < 4.78 is 27.0.